The van der Waals surface area contributed by atoms with Gasteiger partial charge in [-0.1, -0.05) is 0 Å². The summed E-state index contributed by atoms with van der Waals surface area (Å²) in [6, 6.07) is 2.67. The summed E-state index contributed by atoms with van der Waals surface area (Å²) in [6.07, 6.45) is 0.681. The Morgan fingerprint density at radius 1 is 1.14 bits per heavy atom. The number of nitrogens with one attached hydrogen (secondary N) is 1. The lowest BCUT2D eigenvalue weighted by Crippen LogP contribution is -2.62. The van der Waals surface area contributed by atoms with Gasteiger partial charge in [-0.05, 0) is 31.0 Å². The van der Waals surface area contributed by atoms with E-state index in [9.17, 15) is 24.3 Å². The second kappa shape index (κ2) is 6.91. The molecular weight excluding hydrogens is 372 g/mol. The Balaban J connectivity index is 1.55. The highest BCUT2D eigenvalue weighted by molar-refractivity contribution is 5.96. The van der Waals surface area contributed by atoms with Gasteiger partial charge in [-0.2, -0.15) is 0 Å². The van der Waals surface area contributed by atoms with Crippen LogP contribution in [-0.2, 0) is 9.59 Å². The van der Waals surface area contributed by atoms with Crippen LogP contribution in [0.4, 0.5) is 4.79 Å². The van der Waals surface area contributed by atoms with Crippen molar-refractivity contribution in [2.45, 2.75) is 25.3 Å². The normalized spacial score (nSPS) is 21.3. The number of fused-ring (bicyclic) bond motifs is 2. The number of rotatable bonds is 3. The number of carbonyl (C=O) groups is 4. The molecule has 11 heteroatoms. The largest absolute Gasteiger partial charge is 0.480 e. The lowest BCUT2D eigenvalue weighted by Gasteiger charge is -2.41. The van der Waals surface area contributed by atoms with Crippen LogP contribution >= 0.6 is 0 Å². The average molecular weight is 390 g/mol. The molecule has 3 aliphatic heterocycles. The number of benzene rings is 1. The van der Waals surface area contributed by atoms with E-state index in [1.165, 1.54) is 12.1 Å². The smallest absolute Gasteiger partial charge is 0.358 e. The number of carboxylic acids is 1. The van der Waals surface area contributed by atoms with E-state index in [2.05, 4.69) is 5.43 Å². The van der Waals surface area contributed by atoms with Crippen LogP contribution in [0.15, 0.2) is 18.2 Å². The van der Waals surface area contributed by atoms with Crippen LogP contribution in [0.1, 0.15) is 29.6 Å². The van der Waals surface area contributed by atoms with E-state index < -0.39 is 23.9 Å². The quantitative estimate of drug-likeness (QED) is 0.753. The summed E-state index contributed by atoms with van der Waals surface area (Å²) in [5, 5.41) is 12.5. The molecule has 0 aliphatic carbocycles. The van der Waals surface area contributed by atoms with Crippen LogP contribution in [0.2, 0.25) is 0 Å². The van der Waals surface area contributed by atoms with Crippen LogP contribution in [-0.4, -0.2) is 69.9 Å². The number of hydrogen-bond acceptors (Lipinski definition) is 6. The van der Waals surface area contributed by atoms with E-state index >= 15 is 0 Å². The highest BCUT2D eigenvalue weighted by Gasteiger charge is 2.44. The molecule has 4 amide bonds. The van der Waals surface area contributed by atoms with Crippen molar-refractivity contribution in [3.05, 3.63) is 23.8 Å². The number of carboxylic acid groups (broad SMARTS) is 1. The molecule has 148 valence electrons. The van der Waals surface area contributed by atoms with Crippen molar-refractivity contribution in [2.24, 2.45) is 0 Å². The number of aliphatic carboxylic acids is 1. The van der Waals surface area contributed by atoms with Crippen molar-refractivity contribution >= 4 is 23.8 Å². The van der Waals surface area contributed by atoms with Crippen LogP contribution in [0.25, 0.3) is 0 Å². The van der Waals surface area contributed by atoms with Gasteiger partial charge < -0.3 is 14.6 Å². The summed E-state index contributed by atoms with van der Waals surface area (Å²) >= 11 is 0. The topological polar surface area (TPSA) is 129 Å². The molecule has 2 fully saturated rings. The lowest BCUT2D eigenvalue weighted by atomic mass is 10.1. The fourth-order valence-corrected chi connectivity index (χ4v) is 3.43. The molecule has 0 bridgehead atoms. The number of hydrazine groups is 2. The van der Waals surface area contributed by atoms with Gasteiger partial charge in [0.25, 0.3) is 5.91 Å². The van der Waals surface area contributed by atoms with Crippen molar-refractivity contribution < 1.29 is 33.8 Å². The zero-order valence-corrected chi connectivity index (χ0v) is 14.8. The first-order valence-electron chi connectivity index (χ1n) is 8.80. The monoisotopic (exact) mass is 390 g/mol. The van der Waals surface area contributed by atoms with Crippen LogP contribution in [0.5, 0.6) is 11.5 Å². The predicted molar refractivity (Wildman–Crippen MR) is 91.0 cm³/mol. The standard InChI is InChI=1S/C17H18N4O7/c22-14-5-7-19(17(26)21-11(16(24)25)2-1-6-20(14)21)18-15(23)10-3-4-12-13(8-10)28-9-27-12/h3-4,8,11H,1-2,5-7,9H2,(H,18,23)(H,24,25)/t11-/m0/s1. The molecule has 1 atom stereocenters. The van der Waals surface area contributed by atoms with E-state index in [0.29, 0.717) is 17.9 Å². The van der Waals surface area contributed by atoms with E-state index in [4.69, 9.17) is 9.47 Å². The minimum atomic E-state index is -1.20. The summed E-state index contributed by atoms with van der Waals surface area (Å²) in [6.45, 7) is 0.264. The molecular formula is C17H18N4O7. The predicted octanol–water partition coefficient (Wildman–Crippen LogP) is 0.178. The lowest BCUT2D eigenvalue weighted by molar-refractivity contribution is -0.162. The van der Waals surface area contributed by atoms with Gasteiger partial charge in [-0.25, -0.2) is 24.6 Å². The maximum atomic E-state index is 12.9. The Kier molecular flexibility index (Phi) is 4.41. The maximum absolute atomic E-state index is 12.9. The van der Waals surface area contributed by atoms with Gasteiger partial charge in [0, 0.05) is 18.5 Å². The molecule has 11 nitrogen and oxygen atoms in total. The minimum absolute atomic E-state index is 0.0317. The molecule has 0 radical (unpaired) electrons. The van der Waals surface area contributed by atoms with E-state index in [-0.39, 0.29) is 44.2 Å². The molecule has 28 heavy (non-hydrogen) atoms. The fourth-order valence-electron chi connectivity index (χ4n) is 3.43. The highest BCUT2D eigenvalue weighted by Crippen LogP contribution is 2.32. The number of amides is 4. The van der Waals surface area contributed by atoms with E-state index in [1.54, 1.807) is 6.07 Å². The second-order valence-corrected chi connectivity index (χ2v) is 6.55. The summed E-state index contributed by atoms with van der Waals surface area (Å²) in [7, 11) is 0. The van der Waals surface area contributed by atoms with Gasteiger partial charge in [0.15, 0.2) is 17.5 Å². The summed E-state index contributed by atoms with van der Waals surface area (Å²) in [5.41, 5.74) is 2.70. The minimum Gasteiger partial charge on any atom is -0.480 e. The van der Waals surface area contributed by atoms with Gasteiger partial charge in [-0.3, -0.25) is 15.0 Å². The van der Waals surface area contributed by atoms with Gasteiger partial charge in [0.2, 0.25) is 12.7 Å². The molecule has 0 spiro atoms. The molecule has 1 aromatic carbocycles. The average Bonchev–Trinajstić information content (AvgIpc) is 3.13. The number of nitrogens with zero attached hydrogens (tertiary/aromatic N) is 3. The molecule has 1 aromatic rings. The van der Waals surface area contributed by atoms with Crippen molar-refractivity contribution in [3.63, 3.8) is 0 Å². The summed E-state index contributed by atoms with van der Waals surface area (Å²) < 4.78 is 10.4. The molecule has 2 saturated heterocycles. The zero-order chi connectivity index (χ0) is 19.8. The van der Waals surface area contributed by atoms with Gasteiger partial charge in [0.1, 0.15) is 0 Å². The first-order chi connectivity index (χ1) is 13.5. The second-order valence-electron chi connectivity index (χ2n) is 6.55. The van der Waals surface area contributed by atoms with Crippen molar-refractivity contribution in [1.82, 2.24) is 20.5 Å². The first-order valence-corrected chi connectivity index (χ1v) is 8.80. The van der Waals surface area contributed by atoms with Crippen LogP contribution in [0.3, 0.4) is 0 Å². The SMILES string of the molecule is O=C(NN1CCC(=O)N2CCC[C@@H](C(=O)O)N2C1=O)c1ccc2c(c1)OCO2. The molecule has 3 aliphatic rings. The maximum Gasteiger partial charge on any atom is 0.358 e. The Morgan fingerprint density at radius 2 is 1.93 bits per heavy atom. The number of ether oxygens (including phenoxy) is 2. The highest BCUT2D eigenvalue weighted by atomic mass is 16.7. The third-order valence-corrected chi connectivity index (χ3v) is 4.82. The molecule has 4 rings (SSSR count). The van der Waals surface area contributed by atoms with E-state index in [1.807, 2.05) is 0 Å². The van der Waals surface area contributed by atoms with Gasteiger partial charge in [-0.15, -0.1) is 0 Å². The Hall–Kier alpha value is -3.50. The number of hydrogen-bond donors (Lipinski definition) is 2. The van der Waals surface area contributed by atoms with E-state index in [0.717, 1.165) is 15.0 Å². The first kappa shape index (κ1) is 17.9. The summed E-state index contributed by atoms with van der Waals surface area (Å²) in [4.78, 5) is 49.5. The Labute approximate surface area is 159 Å². The summed E-state index contributed by atoms with van der Waals surface area (Å²) in [5.74, 6) is -1.22. The Bertz CT molecular complexity index is 858. The van der Waals surface area contributed by atoms with Crippen LogP contribution in [0, 0.1) is 0 Å². The molecule has 0 unspecified atom stereocenters. The number of urea groups is 1. The molecule has 2 N–H and O–H groups in total. The number of carbonyl (C=O) groups excluding carboxylic acids is 3. The fraction of sp³-hybridized carbons (Fsp3) is 0.412. The van der Waals surface area contributed by atoms with Crippen LogP contribution < -0.4 is 14.9 Å². The third-order valence-electron chi connectivity index (χ3n) is 4.82. The molecule has 0 saturated carbocycles. The molecule has 0 aromatic heterocycles. The third kappa shape index (κ3) is 3.04. The van der Waals surface area contributed by atoms with Gasteiger partial charge in [0.05, 0.1) is 6.54 Å². The van der Waals surface area contributed by atoms with Crippen molar-refractivity contribution in [3.8, 4) is 11.5 Å². The molecule has 3 heterocycles. The van der Waals surface area contributed by atoms with Crippen molar-refractivity contribution in [2.75, 3.05) is 19.9 Å². The zero-order valence-electron chi connectivity index (χ0n) is 14.8. The van der Waals surface area contributed by atoms with Gasteiger partial charge >= 0.3 is 12.0 Å². The Morgan fingerprint density at radius 3 is 2.71 bits per heavy atom. The van der Waals surface area contributed by atoms with Crippen molar-refractivity contribution in [1.29, 1.82) is 0 Å².